The molecule has 0 atom stereocenters. The molecule has 2 heteroatoms. The third-order valence-electron chi connectivity index (χ3n) is 13.8. The minimum Gasteiger partial charge on any atom is -0.307 e. The van der Waals surface area contributed by atoms with Gasteiger partial charge < -0.3 is 9.13 Å². The van der Waals surface area contributed by atoms with Crippen molar-refractivity contribution in [3.8, 4) is 78.1 Å². The second-order valence-electron chi connectivity index (χ2n) is 17.6. The molecule has 0 radical (unpaired) electrons. The number of para-hydroxylation sites is 3. The topological polar surface area (TPSA) is 9.86 Å². The van der Waals surface area contributed by atoms with Crippen LogP contribution in [0.2, 0.25) is 0 Å². The van der Waals surface area contributed by atoms with Crippen molar-refractivity contribution in [1.82, 2.24) is 9.13 Å². The van der Waals surface area contributed by atoms with E-state index in [1.807, 2.05) is 0 Å². The van der Waals surface area contributed by atoms with E-state index < -0.39 is 0 Å². The summed E-state index contributed by atoms with van der Waals surface area (Å²) in [6.45, 7) is 0. The number of nitrogens with zero attached hydrogens (tertiary/aromatic N) is 2. The van der Waals surface area contributed by atoms with Gasteiger partial charge in [-0.15, -0.1) is 0 Å². The Kier molecular flexibility index (Phi) is 9.54. The summed E-state index contributed by atoms with van der Waals surface area (Å²) in [5.41, 5.74) is 21.4. The van der Waals surface area contributed by atoms with Crippen molar-refractivity contribution in [3.05, 3.63) is 267 Å². The minimum absolute atomic E-state index is 1.11. The third kappa shape index (κ3) is 6.57. The third-order valence-corrected chi connectivity index (χ3v) is 13.8. The summed E-state index contributed by atoms with van der Waals surface area (Å²) >= 11 is 0. The zero-order valence-corrected chi connectivity index (χ0v) is 37.3. The van der Waals surface area contributed by atoms with Crippen molar-refractivity contribution in [2.24, 2.45) is 0 Å². The molecule has 11 aromatic carbocycles. The predicted molar refractivity (Wildman–Crippen MR) is 288 cm³/mol. The Morgan fingerprint density at radius 2 is 0.441 bits per heavy atom. The zero-order chi connectivity index (χ0) is 45.0. The molecule has 0 saturated carbocycles. The molecule has 0 saturated heterocycles. The number of hydrogen-bond donors (Lipinski definition) is 0. The smallest absolute Gasteiger partial charge is 0.0702 e. The Hall–Kier alpha value is -8.98. The van der Waals surface area contributed by atoms with Gasteiger partial charge in [0.25, 0.3) is 0 Å². The van der Waals surface area contributed by atoms with Crippen LogP contribution in [0.15, 0.2) is 267 Å². The molecule has 13 rings (SSSR count). The minimum atomic E-state index is 1.11. The van der Waals surface area contributed by atoms with Gasteiger partial charge in [-0.3, -0.25) is 0 Å². The van der Waals surface area contributed by atoms with E-state index in [9.17, 15) is 0 Å². The molecule has 0 spiro atoms. The lowest BCUT2D eigenvalue weighted by Gasteiger charge is -2.17. The van der Waals surface area contributed by atoms with E-state index in [1.165, 1.54) is 99.3 Å². The first-order valence-electron chi connectivity index (χ1n) is 23.4. The van der Waals surface area contributed by atoms with Crippen LogP contribution in [0.4, 0.5) is 0 Å². The van der Waals surface area contributed by atoms with Crippen molar-refractivity contribution in [2.75, 3.05) is 0 Å². The van der Waals surface area contributed by atoms with Crippen molar-refractivity contribution < 1.29 is 0 Å². The fourth-order valence-electron chi connectivity index (χ4n) is 10.7. The van der Waals surface area contributed by atoms with E-state index in [2.05, 4.69) is 276 Å². The average molecular weight is 865 g/mol. The fourth-order valence-corrected chi connectivity index (χ4v) is 10.7. The van der Waals surface area contributed by atoms with Crippen LogP contribution in [0.3, 0.4) is 0 Å². The molecule has 318 valence electrons. The van der Waals surface area contributed by atoms with E-state index in [0.717, 1.165) is 22.4 Å². The SMILES string of the molecule is c1ccc(-c2ccccc2-c2ccc3c(c2)c2ccccc2n3-c2ccccc2-n2c3ccc(-c4ccccc4-c4ccccc4)cc3c3cc(-c4ccccc4-c4ccccc4)ccc32)cc1. The number of hydrogen-bond acceptors (Lipinski definition) is 0. The second kappa shape index (κ2) is 16.5. The van der Waals surface area contributed by atoms with Crippen molar-refractivity contribution in [1.29, 1.82) is 0 Å². The van der Waals surface area contributed by atoms with Crippen LogP contribution >= 0.6 is 0 Å². The van der Waals surface area contributed by atoms with E-state index in [4.69, 9.17) is 0 Å². The summed E-state index contributed by atoms with van der Waals surface area (Å²) < 4.78 is 4.96. The largest absolute Gasteiger partial charge is 0.307 e. The Balaban J connectivity index is 1.04. The highest BCUT2D eigenvalue weighted by Crippen LogP contribution is 2.44. The standard InChI is InChI=1S/C66H44N2/c1-4-20-45(21-5-1)51-26-10-13-29-54(51)48-36-39-62-58(42-48)57-32-16-17-33-61(57)67(62)65-34-18-19-35-66(65)68-63-40-37-49(55-30-14-11-27-52(55)46-22-6-2-7-23-46)43-59(63)60-44-50(38-41-64(60)68)56-31-15-12-28-53(56)47-24-8-3-9-25-47/h1-44H. The zero-order valence-electron chi connectivity index (χ0n) is 37.3. The first-order valence-corrected chi connectivity index (χ1v) is 23.4. The predicted octanol–water partition coefficient (Wildman–Crippen LogP) is 17.9. The molecule has 0 fully saturated rings. The van der Waals surface area contributed by atoms with Gasteiger partial charge in [0.1, 0.15) is 0 Å². The second-order valence-corrected chi connectivity index (χ2v) is 17.6. The summed E-state index contributed by atoms with van der Waals surface area (Å²) in [4.78, 5) is 0. The quantitative estimate of drug-likeness (QED) is 0.144. The number of benzene rings is 11. The molecule has 2 heterocycles. The van der Waals surface area contributed by atoms with E-state index in [0.29, 0.717) is 0 Å². The van der Waals surface area contributed by atoms with Crippen LogP contribution in [0, 0.1) is 0 Å². The van der Waals surface area contributed by atoms with E-state index in [-0.39, 0.29) is 0 Å². The maximum atomic E-state index is 2.49. The maximum Gasteiger partial charge on any atom is 0.0702 e. The van der Waals surface area contributed by atoms with Gasteiger partial charge in [-0.1, -0.05) is 212 Å². The number of aromatic nitrogens is 2. The summed E-state index contributed by atoms with van der Waals surface area (Å²) in [5, 5.41) is 4.86. The van der Waals surface area contributed by atoms with E-state index >= 15 is 0 Å². The Morgan fingerprint density at radius 1 is 0.176 bits per heavy atom. The summed E-state index contributed by atoms with van der Waals surface area (Å²) in [6.07, 6.45) is 0. The van der Waals surface area contributed by atoms with Gasteiger partial charge in [-0.2, -0.15) is 0 Å². The molecule has 0 amide bonds. The van der Waals surface area contributed by atoms with Gasteiger partial charge in [-0.05, 0) is 121 Å². The molecule has 0 bridgehead atoms. The highest BCUT2D eigenvalue weighted by Gasteiger charge is 2.22. The summed E-state index contributed by atoms with van der Waals surface area (Å²) in [7, 11) is 0. The molecule has 2 aromatic heterocycles. The van der Waals surface area contributed by atoms with Crippen molar-refractivity contribution >= 4 is 43.6 Å². The molecule has 0 aliphatic heterocycles. The van der Waals surface area contributed by atoms with Gasteiger partial charge in [0, 0.05) is 21.5 Å². The molecule has 13 aromatic rings. The maximum absolute atomic E-state index is 2.49. The Morgan fingerprint density at radius 3 is 0.809 bits per heavy atom. The normalized spacial score (nSPS) is 11.5. The molecule has 68 heavy (non-hydrogen) atoms. The van der Waals surface area contributed by atoms with Crippen LogP contribution in [-0.2, 0) is 0 Å². The monoisotopic (exact) mass is 864 g/mol. The van der Waals surface area contributed by atoms with Crippen LogP contribution < -0.4 is 0 Å². The average Bonchev–Trinajstić information content (AvgIpc) is 3.93. The summed E-state index contributed by atoms with van der Waals surface area (Å²) in [5.74, 6) is 0. The molecule has 0 aliphatic carbocycles. The Bertz CT molecular complexity index is 3870. The molecular formula is C66H44N2. The highest BCUT2D eigenvalue weighted by atomic mass is 15.1. The van der Waals surface area contributed by atoms with Crippen LogP contribution in [-0.4, -0.2) is 9.13 Å². The van der Waals surface area contributed by atoms with Crippen LogP contribution in [0.25, 0.3) is 122 Å². The van der Waals surface area contributed by atoms with Crippen molar-refractivity contribution in [3.63, 3.8) is 0 Å². The van der Waals surface area contributed by atoms with Crippen LogP contribution in [0.1, 0.15) is 0 Å². The number of fused-ring (bicyclic) bond motifs is 6. The molecule has 0 N–H and O–H groups in total. The lowest BCUT2D eigenvalue weighted by Crippen LogP contribution is -2.03. The first-order chi connectivity index (χ1) is 33.8. The van der Waals surface area contributed by atoms with Gasteiger partial charge in [-0.25, -0.2) is 0 Å². The van der Waals surface area contributed by atoms with Crippen LogP contribution in [0.5, 0.6) is 0 Å². The molecule has 0 unspecified atom stereocenters. The number of rotatable bonds is 8. The summed E-state index contributed by atoms with van der Waals surface area (Å²) in [6, 6.07) is 97.5. The fraction of sp³-hybridized carbons (Fsp3) is 0. The van der Waals surface area contributed by atoms with Gasteiger partial charge in [0.15, 0.2) is 0 Å². The van der Waals surface area contributed by atoms with Gasteiger partial charge in [0.05, 0.1) is 33.4 Å². The molecule has 2 nitrogen and oxygen atoms in total. The van der Waals surface area contributed by atoms with Gasteiger partial charge >= 0.3 is 0 Å². The molecule has 0 aliphatic rings. The lowest BCUT2D eigenvalue weighted by molar-refractivity contribution is 1.10. The first kappa shape index (κ1) is 39.4. The van der Waals surface area contributed by atoms with Gasteiger partial charge in [0.2, 0.25) is 0 Å². The lowest BCUT2D eigenvalue weighted by atomic mass is 9.92. The Labute approximate surface area is 395 Å². The highest BCUT2D eigenvalue weighted by molar-refractivity contribution is 6.14. The van der Waals surface area contributed by atoms with Crippen molar-refractivity contribution in [2.45, 2.75) is 0 Å². The molecular weight excluding hydrogens is 821 g/mol. The van der Waals surface area contributed by atoms with E-state index in [1.54, 1.807) is 0 Å².